The molecular weight excluding hydrogens is 811 g/mol. The fraction of sp³-hybridized carbons (Fsp3) is 0.772. The zero-order valence-corrected chi connectivity index (χ0v) is 42.9. The lowest BCUT2D eigenvalue weighted by molar-refractivity contribution is -0.889. The van der Waals surface area contributed by atoms with E-state index in [9.17, 15) is 19.5 Å². The van der Waals surface area contributed by atoms with E-state index in [0.717, 1.165) is 64.2 Å². The normalized spacial score (nSPS) is 13.3. The second-order valence-electron chi connectivity index (χ2n) is 19.2. The van der Waals surface area contributed by atoms with Gasteiger partial charge in [0.1, 0.15) is 12.6 Å². The van der Waals surface area contributed by atoms with Gasteiger partial charge in [0.05, 0.1) is 40.3 Å². The maximum absolute atomic E-state index is 12.8. The summed E-state index contributed by atoms with van der Waals surface area (Å²) in [4.78, 5) is 37.1. The summed E-state index contributed by atoms with van der Waals surface area (Å²) in [5, 5.41) is 11.7. The molecule has 0 saturated heterocycles. The summed E-state index contributed by atoms with van der Waals surface area (Å²) in [5.41, 5.74) is 0. The van der Waals surface area contributed by atoms with Crippen molar-refractivity contribution in [3.63, 3.8) is 0 Å². The van der Waals surface area contributed by atoms with Crippen molar-refractivity contribution in [3.8, 4) is 0 Å². The minimum atomic E-state index is -1.13. The Morgan fingerprint density at radius 1 is 0.462 bits per heavy atom. The number of likely N-dealkylation sites (N-methyl/N-ethyl adjacent to an activating group) is 1. The predicted octanol–water partition coefficient (Wildman–Crippen LogP) is 14.4. The number of unbranched alkanes of at least 4 members (excludes halogenated alkanes) is 28. The van der Waals surface area contributed by atoms with Crippen molar-refractivity contribution in [2.24, 2.45) is 0 Å². The third-order valence-corrected chi connectivity index (χ3v) is 12.0. The first-order valence-electron chi connectivity index (χ1n) is 26.9. The van der Waals surface area contributed by atoms with E-state index < -0.39 is 18.1 Å². The van der Waals surface area contributed by atoms with Gasteiger partial charge in [-0.05, 0) is 32.1 Å². The van der Waals surface area contributed by atoms with E-state index in [1.54, 1.807) is 21.1 Å². The number of allylic oxidation sites excluding steroid dienone is 10. The lowest BCUT2D eigenvalue weighted by Gasteiger charge is -2.34. The number of quaternary nitrogens is 1. The van der Waals surface area contributed by atoms with E-state index in [0.29, 0.717) is 12.8 Å². The number of rotatable bonds is 48. The first-order chi connectivity index (χ1) is 31.6. The third-order valence-electron chi connectivity index (χ3n) is 12.0. The van der Waals surface area contributed by atoms with Gasteiger partial charge in [0, 0.05) is 19.3 Å². The number of ether oxygens (including phenoxy) is 3. The van der Waals surface area contributed by atoms with Gasteiger partial charge >= 0.3 is 11.9 Å². The molecule has 0 aliphatic carbocycles. The summed E-state index contributed by atoms with van der Waals surface area (Å²) >= 11 is 0. The van der Waals surface area contributed by atoms with Gasteiger partial charge in [0.15, 0.2) is 6.10 Å². The van der Waals surface area contributed by atoms with Crippen LogP contribution in [-0.4, -0.2) is 75.5 Å². The molecule has 2 unspecified atom stereocenters. The molecule has 0 fully saturated rings. The van der Waals surface area contributed by atoms with Gasteiger partial charge in [-0.3, -0.25) is 9.59 Å². The molecule has 8 nitrogen and oxygen atoms in total. The molecule has 2 atom stereocenters. The molecule has 0 aromatic rings. The van der Waals surface area contributed by atoms with Crippen LogP contribution in [-0.2, 0) is 28.6 Å². The quantitative estimate of drug-likeness (QED) is 0.0259. The summed E-state index contributed by atoms with van der Waals surface area (Å²) < 4.78 is 17.2. The van der Waals surface area contributed by atoms with Crippen LogP contribution >= 0.6 is 0 Å². The minimum absolute atomic E-state index is 0.0324. The highest BCUT2D eigenvalue weighted by atomic mass is 16.6. The minimum Gasteiger partial charge on any atom is -0.544 e. The topological polar surface area (TPSA) is 102 Å². The fourth-order valence-electron chi connectivity index (χ4n) is 7.87. The number of hydrogen-bond acceptors (Lipinski definition) is 7. The third kappa shape index (κ3) is 46.0. The first kappa shape index (κ1) is 62.0. The van der Waals surface area contributed by atoms with E-state index in [-0.39, 0.29) is 42.7 Å². The Morgan fingerprint density at radius 2 is 0.846 bits per heavy atom. The van der Waals surface area contributed by atoms with Crippen molar-refractivity contribution in [1.82, 2.24) is 0 Å². The van der Waals surface area contributed by atoms with Gasteiger partial charge in [0.25, 0.3) is 0 Å². The molecule has 0 heterocycles. The second kappa shape index (κ2) is 47.5. The number of esters is 2. The van der Waals surface area contributed by atoms with Crippen LogP contribution in [0.4, 0.5) is 0 Å². The molecule has 0 saturated carbocycles. The predicted molar refractivity (Wildman–Crippen MR) is 273 cm³/mol. The highest BCUT2D eigenvalue weighted by Crippen LogP contribution is 2.17. The molecule has 0 amide bonds. The van der Waals surface area contributed by atoms with Crippen LogP contribution < -0.4 is 5.11 Å². The number of carboxylic acid groups (broad SMARTS) is 1. The van der Waals surface area contributed by atoms with E-state index in [2.05, 4.69) is 38.2 Å². The lowest BCUT2D eigenvalue weighted by Crippen LogP contribution is -2.55. The smallest absolute Gasteiger partial charge is 0.306 e. The Balaban J connectivity index is 4.23. The summed E-state index contributed by atoms with van der Waals surface area (Å²) in [6.45, 7) is 4.58. The van der Waals surface area contributed by atoms with Crippen molar-refractivity contribution < 1.29 is 38.2 Å². The van der Waals surface area contributed by atoms with E-state index >= 15 is 0 Å². The van der Waals surface area contributed by atoms with Crippen molar-refractivity contribution in [3.05, 3.63) is 60.8 Å². The second-order valence-corrected chi connectivity index (χ2v) is 19.2. The van der Waals surface area contributed by atoms with Crippen LogP contribution in [0.15, 0.2) is 60.8 Å². The van der Waals surface area contributed by atoms with Crippen LogP contribution in [0.3, 0.4) is 0 Å². The molecule has 0 rings (SSSR count). The number of carbonyl (C=O) groups excluding carboxylic acids is 3. The zero-order chi connectivity index (χ0) is 47.7. The largest absolute Gasteiger partial charge is 0.544 e. The molecule has 8 heteroatoms. The van der Waals surface area contributed by atoms with Gasteiger partial charge in [-0.15, -0.1) is 0 Å². The fourth-order valence-corrected chi connectivity index (χ4v) is 7.87. The van der Waals surface area contributed by atoms with Crippen LogP contribution in [0, 0.1) is 0 Å². The maximum Gasteiger partial charge on any atom is 0.306 e. The van der Waals surface area contributed by atoms with Crippen LogP contribution in [0.2, 0.25) is 0 Å². The van der Waals surface area contributed by atoms with Gasteiger partial charge in [-0.2, -0.15) is 0 Å². The molecule has 0 aliphatic heterocycles. The molecular formula is C57H101NO7. The Morgan fingerprint density at radius 3 is 1.26 bits per heavy atom. The van der Waals surface area contributed by atoms with Crippen molar-refractivity contribution in [2.45, 2.75) is 244 Å². The number of nitrogens with zero attached hydrogens (tertiary/aromatic N) is 1. The summed E-state index contributed by atoms with van der Waals surface area (Å²) in [7, 11) is 5.41. The Bertz CT molecular complexity index is 1250. The molecule has 376 valence electrons. The standard InChI is InChI=1S/C57H101NO7/c1-6-8-10-12-14-16-18-20-22-24-26-27-28-29-30-32-34-36-38-40-42-44-46-48-56(60)65-53(51-63-50-49-54(57(61)62)58(3,4)5)52-64-55(59)47-45-43-41-39-37-35-33-31-25-23-21-19-17-15-13-11-9-7-2/h11,13,15,17,19,21,23,25,31,33,53-54H,6-10,12,14,16,18,20,22,24,26-30,32,34-52H2,1-5H3/b13-11+,17-15+,21-19+,25-23+,33-31+. The molecule has 0 radical (unpaired) electrons. The average Bonchev–Trinajstić information content (AvgIpc) is 3.27. The molecule has 0 aromatic carbocycles. The van der Waals surface area contributed by atoms with Gasteiger partial charge in [-0.1, -0.05) is 242 Å². The number of aliphatic carboxylic acids is 1. The molecule has 0 spiro atoms. The SMILES string of the molecule is CCC/C=C/C=C/C=C/C=C/C=C/CCCCCCCC(=O)OCC(COCCC(C(=O)[O-])[N+](C)(C)C)OC(=O)CCCCCCCCCCCCCCCCCCCCCCCCC. The summed E-state index contributed by atoms with van der Waals surface area (Å²) in [5.74, 6) is -1.76. The molecule has 65 heavy (non-hydrogen) atoms. The highest BCUT2D eigenvalue weighted by Gasteiger charge is 2.25. The molecule has 0 N–H and O–H groups in total. The maximum atomic E-state index is 12.8. The van der Waals surface area contributed by atoms with Crippen molar-refractivity contribution in [2.75, 3.05) is 41.0 Å². The monoisotopic (exact) mass is 912 g/mol. The Labute approximate surface area is 400 Å². The van der Waals surface area contributed by atoms with Crippen LogP contribution in [0.1, 0.15) is 232 Å². The molecule has 0 aliphatic rings. The number of carboxylic acids is 1. The van der Waals surface area contributed by atoms with Crippen LogP contribution in [0.25, 0.3) is 0 Å². The number of carbonyl (C=O) groups is 3. The van der Waals surface area contributed by atoms with Crippen molar-refractivity contribution in [1.29, 1.82) is 0 Å². The average molecular weight is 912 g/mol. The van der Waals surface area contributed by atoms with Gasteiger partial charge < -0.3 is 28.6 Å². The van der Waals surface area contributed by atoms with Gasteiger partial charge in [0.2, 0.25) is 0 Å². The first-order valence-corrected chi connectivity index (χ1v) is 26.9. The summed E-state index contributed by atoms with van der Waals surface area (Å²) in [6.07, 6.45) is 59.7. The zero-order valence-electron chi connectivity index (χ0n) is 42.9. The Kier molecular flexibility index (Phi) is 45.3. The Hall–Kier alpha value is -2.97. The summed E-state index contributed by atoms with van der Waals surface area (Å²) in [6, 6.07) is -0.732. The van der Waals surface area contributed by atoms with Crippen LogP contribution in [0.5, 0.6) is 0 Å². The lowest BCUT2D eigenvalue weighted by atomic mass is 10.0. The molecule has 0 aromatic heterocycles. The van der Waals surface area contributed by atoms with E-state index in [1.165, 1.54) is 135 Å². The molecule has 0 bridgehead atoms. The highest BCUT2D eigenvalue weighted by molar-refractivity contribution is 5.70. The van der Waals surface area contributed by atoms with Crippen molar-refractivity contribution >= 4 is 17.9 Å². The number of hydrogen-bond donors (Lipinski definition) is 0. The van der Waals surface area contributed by atoms with E-state index in [1.807, 2.05) is 36.5 Å². The van der Waals surface area contributed by atoms with Gasteiger partial charge in [-0.25, -0.2) is 0 Å². The van der Waals surface area contributed by atoms with E-state index in [4.69, 9.17) is 14.2 Å².